The average molecular weight is 371 g/mol. The number of rotatable bonds is 6. The van der Waals surface area contributed by atoms with Gasteiger partial charge in [0.1, 0.15) is 11.3 Å². The highest BCUT2D eigenvalue weighted by Crippen LogP contribution is 2.30. The zero-order valence-electron chi connectivity index (χ0n) is 16.6. The fraction of sp³-hybridized carbons (Fsp3) is 0.500. The van der Waals surface area contributed by atoms with Crippen LogP contribution < -0.4 is 10.1 Å². The second kappa shape index (κ2) is 8.00. The monoisotopic (exact) mass is 371 g/mol. The van der Waals surface area contributed by atoms with Gasteiger partial charge in [0.05, 0.1) is 13.3 Å². The zero-order valence-corrected chi connectivity index (χ0v) is 16.6. The molecular weight excluding hydrogens is 342 g/mol. The number of aromatic nitrogens is 2. The van der Waals surface area contributed by atoms with E-state index in [2.05, 4.69) is 15.3 Å². The van der Waals surface area contributed by atoms with Crippen LogP contribution >= 0.6 is 0 Å². The third kappa shape index (κ3) is 4.42. The molecule has 7 nitrogen and oxygen atoms in total. The Morgan fingerprint density at radius 2 is 2.07 bits per heavy atom. The van der Waals surface area contributed by atoms with Crippen LogP contribution in [0.1, 0.15) is 18.4 Å². The molecule has 1 aliphatic heterocycles. The van der Waals surface area contributed by atoms with Crippen LogP contribution in [0.25, 0.3) is 0 Å². The van der Waals surface area contributed by atoms with Crippen molar-refractivity contribution in [3.05, 3.63) is 42.2 Å². The molecule has 1 aromatic carbocycles. The summed E-state index contributed by atoms with van der Waals surface area (Å²) in [5.41, 5.74) is 1.51. The first-order valence-electron chi connectivity index (χ1n) is 9.26. The van der Waals surface area contributed by atoms with Gasteiger partial charge in [-0.25, -0.2) is 0 Å². The third-order valence-electron chi connectivity index (χ3n) is 5.14. The van der Waals surface area contributed by atoms with Crippen LogP contribution in [0.15, 0.2) is 36.7 Å². The molecule has 7 heteroatoms. The number of carbonyl (C=O) groups is 1. The van der Waals surface area contributed by atoms with Gasteiger partial charge in [0.25, 0.3) is 0 Å². The summed E-state index contributed by atoms with van der Waals surface area (Å²) in [4.78, 5) is 17.1. The van der Waals surface area contributed by atoms with Crippen molar-refractivity contribution in [2.45, 2.75) is 24.9 Å². The summed E-state index contributed by atoms with van der Waals surface area (Å²) in [6.07, 6.45) is 5.45. The average Bonchev–Trinajstić information content (AvgIpc) is 3.07. The lowest BCUT2D eigenvalue weighted by Gasteiger charge is -2.43. The number of ether oxygens (including phenoxy) is 1. The molecule has 1 fully saturated rings. The molecule has 1 amide bonds. The van der Waals surface area contributed by atoms with Crippen molar-refractivity contribution in [1.29, 1.82) is 0 Å². The molecule has 0 aliphatic carbocycles. The SMILES string of the molecule is COc1cccc(NC2(C(=O)N(C)C)CCN(Cc3cnn(C)c3)CC2)c1. The summed E-state index contributed by atoms with van der Waals surface area (Å²) in [5, 5.41) is 7.76. The maximum absolute atomic E-state index is 13.0. The Hall–Kier alpha value is -2.54. The van der Waals surface area contributed by atoms with E-state index in [1.54, 1.807) is 12.0 Å². The largest absolute Gasteiger partial charge is 0.497 e. The van der Waals surface area contributed by atoms with E-state index in [0.29, 0.717) is 0 Å². The van der Waals surface area contributed by atoms with Crippen LogP contribution in [0, 0.1) is 0 Å². The number of carbonyl (C=O) groups excluding carboxylic acids is 1. The van der Waals surface area contributed by atoms with E-state index < -0.39 is 5.54 Å². The number of hydrogen-bond donors (Lipinski definition) is 1. The fourth-order valence-electron chi connectivity index (χ4n) is 3.70. The summed E-state index contributed by atoms with van der Waals surface area (Å²) in [5.74, 6) is 0.896. The summed E-state index contributed by atoms with van der Waals surface area (Å²) in [7, 11) is 7.22. The molecule has 1 N–H and O–H groups in total. The van der Waals surface area contributed by atoms with Crippen LogP contribution in [-0.4, -0.2) is 65.3 Å². The van der Waals surface area contributed by atoms with Crippen LogP contribution in [0.5, 0.6) is 5.75 Å². The van der Waals surface area contributed by atoms with Gasteiger partial charge in [0.15, 0.2) is 0 Å². The molecule has 0 spiro atoms. The Balaban J connectivity index is 1.73. The Morgan fingerprint density at radius 3 is 2.67 bits per heavy atom. The number of aryl methyl sites for hydroxylation is 1. The van der Waals surface area contributed by atoms with Crippen molar-refractivity contribution in [3.63, 3.8) is 0 Å². The van der Waals surface area contributed by atoms with Gasteiger partial charge < -0.3 is 15.0 Å². The first kappa shape index (κ1) is 19.2. The Labute approximate surface area is 160 Å². The van der Waals surface area contributed by atoms with Gasteiger partial charge >= 0.3 is 0 Å². The van der Waals surface area contributed by atoms with Crippen molar-refractivity contribution in [2.24, 2.45) is 7.05 Å². The van der Waals surface area contributed by atoms with Crippen molar-refractivity contribution in [2.75, 3.05) is 39.6 Å². The molecule has 2 heterocycles. The van der Waals surface area contributed by atoms with E-state index in [0.717, 1.165) is 43.9 Å². The van der Waals surface area contributed by atoms with Gasteiger partial charge in [-0.1, -0.05) is 6.07 Å². The van der Waals surface area contributed by atoms with Crippen molar-refractivity contribution >= 4 is 11.6 Å². The van der Waals surface area contributed by atoms with Gasteiger partial charge in [0, 0.05) is 64.3 Å². The van der Waals surface area contributed by atoms with E-state index in [9.17, 15) is 4.79 Å². The van der Waals surface area contributed by atoms with Crippen LogP contribution in [-0.2, 0) is 18.4 Å². The third-order valence-corrected chi connectivity index (χ3v) is 5.14. The smallest absolute Gasteiger partial charge is 0.247 e. The molecule has 0 bridgehead atoms. The first-order valence-corrected chi connectivity index (χ1v) is 9.26. The Morgan fingerprint density at radius 1 is 1.33 bits per heavy atom. The van der Waals surface area contributed by atoms with E-state index in [1.807, 2.05) is 62.5 Å². The molecule has 3 rings (SSSR count). The standard InChI is InChI=1S/C20H29N5O2/c1-23(2)19(26)20(22-17-6-5-7-18(12-17)27-4)8-10-25(11-9-20)15-16-13-21-24(3)14-16/h5-7,12-14,22H,8-11,15H2,1-4H3. The van der Waals surface area contributed by atoms with Crippen LogP contribution in [0.3, 0.4) is 0 Å². The maximum Gasteiger partial charge on any atom is 0.247 e. The highest BCUT2D eigenvalue weighted by Gasteiger charge is 2.42. The number of likely N-dealkylation sites (tertiary alicyclic amines) is 1. The molecule has 1 aromatic heterocycles. The summed E-state index contributed by atoms with van der Waals surface area (Å²) in [6, 6.07) is 7.76. The van der Waals surface area contributed by atoms with Crippen molar-refractivity contribution < 1.29 is 9.53 Å². The molecule has 146 valence electrons. The normalized spacial score (nSPS) is 16.7. The minimum absolute atomic E-state index is 0.117. The molecule has 0 radical (unpaired) electrons. The van der Waals surface area contributed by atoms with Crippen LogP contribution in [0.4, 0.5) is 5.69 Å². The number of anilines is 1. The minimum atomic E-state index is -0.596. The van der Waals surface area contributed by atoms with E-state index in [1.165, 1.54) is 5.56 Å². The second-order valence-corrected chi connectivity index (χ2v) is 7.44. The summed E-state index contributed by atoms with van der Waals surface area (Å²) >= 11 is 0. The number of nitrogens with one attached hydrogen (secondary N) is 1. The molecule has 0 saturated carbocycles. The van der Waals surface area contributed by atoms with E-state index in [-0.39, 0.29) is 5.91 Å². The van der Waals surface area contributed by atoms with E-state index in [4.69, 9.17) is 4.74 Å². The van der Waals surface area contributed by atoms with Gasteiger partial charge in [-0.3, -0.25) is 14.4 Å². The van der Waals surface area contributed by atoms with E-state index >= 15 is 0 Å². The molecule has 2 aromatic rings. The number of hydrogen-bond acceptors (Lipinski definition) is 5. The van der Waals surface area contributed by atoms with Crippen LogP contribution in [0.2, 0.25) is 0 Å². The Kier molecular flexibility index (Phi) is 5.70. The van der Waals surface area contributed by atoms with Gasteiger partial charge in [-0.2, -0.15) is 5.10 Å². The molecule has 1 saturated heterocycles. The molecule has 0 unspecified atom stereocenters. The van der Waals surface area contributed by atoms with Gasteiger partial charge in [0.2, 0.25) is 5.91 Å². The lowest BCUT2D eigenvalue weighted by molar-refractivity contribution is -0.135. The lowest BCUT2D eigenvalue weighted by Crippen LogP contribution is -2.57. The predicted molar refractivity (Wildman–Crippen MR) is 106 cm³/mol. The van der Waals surface area contributed by atoms with Crippen molar-refractivity contribution in [1.82, 2.24) is 19.6 Å². The lowest BCUT2D eigenvalue weighted by atomic mass is 9.85. The number of amides is 1. The first-order chi connectivity index (χ1) is 12.9. The fourth-order valence-corrected chi connectivity index (χ4v) is 3.70. The quantitative estimate of drug-likeness (QED) is 0.841. The number of benzene rings is 1. The van der Waals surface area contributed by atoms with Gasteiger partial charge in [-0.05, 0) is 25.0 Å². The number of methoxy groups -OCH3 is 1. The molecule has 0 atom stereocenters. The molecule has 1 aliphatic rings. The zero-order chi connectivity index (χ0) is 19.4. The highest BCUT2D eigenvalue weighted by molar-refractivity contribution is 5.89. The minimum Gasteiger partial charge on any atom is -0.497 e. The second-order valence-electron chi connectivity index (χ2n) is 7.44. The van der Waals surface area contributed by atoms with Crippen molar-refractivity contribution in [3.8, 4) is 5.75 Å². The topological polar surface area (TPSA) is 62.6 Å². The summed E-state index contributed by atoms with van der Waals surface area (Å²) in [6.45, 7) is 2.57. The molecule has 27 heavy (non-hydrogen) atoms. The number of piperidine rings is 1. The highest BCUT2D eigenvalue weighted by atomic mass is 16.5. The number of likely N-dealkylation sites (N-methyl/N-ethyl adjacent to an activating group) is 1. The molecular formula is C20H29N5O2. The number of nitrogens with zero attached hydrogens (tertiary/aromatic N) is 4. The summed E-state index contributed by atoms with van der Waals surface area (Å²) < 4.78 is 7.14. The maximum atomic E-state index is 13.0. The predicted octanol–water partition coefficient (Wildman–Crippen LogP) is 1.96. The van der Waals surface area contributed by atoms with Gasteiger partial charge in [-0.15, -0.1) is 0 Å². The Bertz CT molecular complexity index is 778.